The van der Waals surface area contributed by atoms with Gasteiger partial charge < -0.3 is 5.11 Å². The molecule has 0 bridgehead atoms. The fourth-order valence-corrected chi connectivity index (χ4v) is 1.63. The Morgan fingerprint density at radius 3 is 1.73 bits per heavy atom. The predicted octanol–water partition coefficient (Wildman–Crippen LogP) is 4.38. The lowest BCUT2D eigenvalue weighted by Crippen LogP contribution is -1.93. The Kier molecular flexibility index (Phi) is 8.44. The van der Waals surface area contributed by atoms with Crippen molar-refractivity contribution in [3.8, 4) is 0 Å². The van der Waals surface area contributed by atoms with E-state index in [4.69, 9.17) is 7.85 Å². The van der Waals surface area contributed by atoms with Crippen LogP contribution in [0.4, 0.5) is 0 Å². The molecule has 0 rings (SSSR count). The summed E-state index contributed by atoms with van der Waals surface area (Å²) in [6.07, 6.45) is 8.46. The standard InChI is InChI=1S/C13H26O2/c1-2-3-4-5-6-7-8-9-10-11-12-13(14)15/h2-12H2,1H3,(H,14,15)/i12D2. The molecule has 0 aromatic carbocycles. The van der Waals surface area contributed by atoms with Crippen molar-refractivity contribution in [1.82, 2.24) is 0 Å². The van der Waals surface area contributed by atoms with Gasteiger partial charge in [-0.3, -0.25) is 4.79 Å². The summed E-state index contributed by atoms with van der Waals surface area (Å²) in [5.74, 6) is -1.34. The van der Waals surface area contributed by atoms with Gasteiger partial charge in [0.05, 0.1) is 0 Å². The SMILES string of the molecule is [2H]C([2H])(CCCCCCCCCCC)C(=O)O. The second-order valence-corrected chi connectivity index (χ2v) is 4.06. The molecule has 0 amide bonds. The van der Waals surface area contributed by atoms with Gasteiger partial charge in [-0.05, 0) is 6.42 Å². The molecule has 2 heteroatoms. The lowest BCUT2D eigenvalue weighted by molar-refractivity contribution is -0.137. The Hall–Kier alpha value is -0.530. The smallest absolute Gasteiger partial charge is 0.303 e. The predicted molar refractivity (Wildman–Crippen MR) is 64.1 cm³/mol. The molecule has 0 spiro atoms. The van der Waals surface area contributed by atoms with E-state index >= 15 is 0 Å². The summed E-state index contributed by atoms with van der Waals surface area (Å²) in [6, 6.07) is 0. The molecule has 0 saturated heterocycles. The highest BCUT2D eigenvalue weighted by Crippen LogP contribution is 2.10. The van der Waals surface area contributed by atoms with Crippen LogP contribution in [0.2, 0.25) is 0 Å². The zero-order chi connectivity index (χ0) is 13.1. The van der Waals surface area contributed by atoms with Gasteiger partial charge in [-0.2, -0.15) is 0 Å². The fourth-order valence-electron chi connectivity index (χ4n) is 1.63. The number of carbonyl (C=O) groups is 1. The van der Waals surface area contributed by atoms with Gasteiger partial charge >= 0.3 is 5.97 Å². The largest absolute Gasteiger partial charge is 0.481 e. The first-order chi connectivity index (χ1) is 8.00. The van der Waals surface area contributed by atoms with E-state index in [9.17, 15) is 4.79 Å². The monoisotopic (exact) mass is 216 g/mol. The second kappa shape index (κ2) is 11.5. The summed E-state index contributed by atoms with van der Waals surface area (Å²) in [7, 11) is 0. The van der Waals surface area contributed by atoms with Crippen molar-refractivity contribution in [3.63, 3.8) is 0 Å². The molecule has 0 unspecified atom stereocenters. The average Bonchev–Trinajstić information content (AvgIpc) is 2.26. The Morgan fingerprint density at radius 2 is 1.33 bits per heavy atom. The lowest BCUT2D eigenvalue weighted by atomic mass is 10.1. The van der Waals surface area contributed by atoms with E-state index in [0.29, 0.717) is 6.42 Å². The van der Waals surface area contributed by atoms with Crippen molar-refractivity contribution in [2.75, 3.05) is 0 Å². The maximum Gasteiger partial charge on any atom is 0.303 e. The summed E-state index contributed by atoms with van der Waals surface area (Å²) in [5.41, 5.74) is 0. The summed E-state index contributed by atoms with van der Waals surface area (Å²) in [5, 5.41) is 8.59. The number of rotatable bonds is 11. The van der Waals surface area contributed by atoms with E-state index in [1.165, 1.54) is 38.5 Å². The number of unbranched alkanes of at least 4 members (excludes halogenated alkanes) is 8. The lowest BCUT2D eigenvalue weighted by Gasteiger charge is -2.01. The van der Waals surface area contributed by atoms with E-state index in [1.54, 1.807) is 0 Å². The topological polar surface area (TPSA) is 37.3 Å². The van der Waals surface area contributed by atoms with Crippen LogP contribution in [0.1, 0.15) is 80.2 Å². The van der Waals surface area contributed by atoms with Gasteiger partial charge in [-0.1, -0.05) is 64.7 Å². The fraction of sp³-hybridized carbons (Fsp3) is 0.923. The zero-order valence-electron chi connectivity index (χ0n) is 11.9. The summed E-state index contributed by atoms with van der Waals surface area (Å²) < 4.78 is 14.5. The van der Waals surface area contributed by atoms with E-state index in [0.717, 1.165) is 12.8 Å². The van der Waals surface area contributed by atoms with Crippen molar-refractivity contribution in [3.05, 3.63) is 0 Å². The van der Waals surface area contributed by atoms with Crippen molar-refractivity contribution in [1.29, 1.82) is 0 Å². The third-order valence-electron chi connectivity index (χ3n) is 2.56. The van der Waals surface area contributed by atoms with Crippen molar-refractivity contribution >= 4 is 5.97 Å². The molecule has 2 nitrogen and oxygen atoms in total. The molecule has 0 radical (unpaired) electrons. The molecule has 0 atom stereocenters. The molecule has 0 heterocycles. The highest BCUT2D eigenvalue weighted by Gasteiger charge is 1.96. The molecular weight excluding hydrogens is 188 g/mol. The van der Waals surface area contributed by atoms with Gasteiger partial charge in [0, 0.05) is 9.11 Å². The van der Waals surface area contributed by atoms with Crippen LogP contribution in [0, 0.1) is 0 Å². The van der Waals surface area contributed by atoms with E-state index in [-0.39, 0.29) is 6.42 Å². The highest BCUT2D eigenvalue weighted by molar-refractivity contribution is 5.66. The number of hydrogen-bond acceptors (Lipinski definition) is 1. The van der Waals surface area contributed by atoms with E-state index in [1.807, 2.05) is 0 Å². The number of carboxylic acid groups (broad SMARTS) is 1. The van der Waals surface area contributed by atoms with Crippen LogP contribution in [-0.4, -0.2) is 11.1 Å². The number of aliphatic carboxylic acids is 1. The Morgan fingerprint density at radius 1 is 0.933 bits per heavy atom. The van der Waals surface area contributed by atoms with Crippen LogP contribution >= 0.6 is 0 Å². The first-order valence-electron chi connectivity index (χ1n) is 7.24. The molecule has 0 fully saturated rings. The molecule has 0 saturated carbocycles. The van der Waals surface area contributed by atoms with E-state index < -0.39 is 12.3 Å². The molecule has 0 aromatic rings. The van der Waals surface area contributed by atoms with Crippen LogP contribution in [0.25, 0.3) is 0 Å². The van der Waals surface area contributed by atoms with Gasteiger partial charge in [-0.25, -0.2) is 0 Å². The van der Waals surface area contributed by atoms with Crippen molar-refractivity contribution < 1.29 is 12.6 Å². The van der Waals surface area contributed by atoms with Crippen LogP contribution in [0.5, 0.6) is 0 Å². The maximum absolute atomic E-state index is 10.5. The Labute approximate surface area is 96.9 Å². The van der Waals surface area contributed by atoms with Gasteiger partial charge in [0.1, 0.15) is 0 Å². The minimum atomic E-state index is -2.04. The molecular formula is C13H26O2. The second-order valence-electron chi connectivity index (χ2n) is 4.06. The van der Waals surface area contributed by atoms with Crippen LogP contribution in [-0.2, 0) is 4.79 Å². The molecule has 0 aliphatic heterocycles. The quantitative estimate of drug-likeness (QED) is 0.520. The van der Waals surface area contributed by atoms with Gasteiger partial charge in [0.2, 0.25) is 0 Å². The van der Waals surface area contributed by atoms with Gasteiger partial charge in [0.15, 0.2) is 0 Å². The summed E-state index contributed by atoms with van der Waals surface area (Å²) in [6.45, 7) is 2.20. The number of carboxylic acids is 1. The normalized spacial score (nSPS) is 13.4. The van der Waals surface area contributed by atoms with Crippen LogP contribution < -0.4 is 0 Å². The van der Waals surface area contributed by atoms with Crippen molar-refractivity contribution in [2.45, 2.75) is 77.5 Å². The highest BCUT2D eigenvalue weighted by atomic mass is 16.4. The molecule has 90 valence electrons. The molecule has 15 heavy (non-hydrogen) atoms. The summed E-state index contributed by atoms with van der Waals surface area (Å²) >= 11 is 0. The minimum Gasteiger partial charge on any atom is -0.481 e. The van der Waals surface area contributed by atoms with Crippen LogP contribution in [0.3, 0.4) is 0 Å². The molecule has 0 aliphatic rings. The van der Waals surface area contributed by atoms with Gasteiger partial charge in [0.25, 0.3) is 0 Å². The third kappa shape index (κ3) is 13.5. The van der Waals surface area contributed by atoms with Crippen LogP contribution in [0.15, 0.2) is 0 Å². The maximum atomic E-state index is 10.5. The van der Waals surface area contributed by atoms with Gasteiger partial charge in [-0.15, -0.1) is 0 Å². The Balaban J connectivity index is 3.27. The Bertz CT molecular complexity index is 206. The first kappa shape index (κ1) is 11.0. The minimum absolute atomic E-state index is 0.137. The number of hydrogen-bond donors (Lipinski definition) is 1. The molecule has 1 N–H and O–H groups in total. The molecule has 0 aromatic heterocycles. The molecule has 0 aliphatic carbocycles. The average molecular weight is 216 g/mol. The first-order valence-corrected chi connectivity index (χ1v) is 6.24. The van der Waals surface area contributed by atoms with Crippen molar-refractivity contribution in [2.24, 2.45) is 0 Å². The van der Waals surface area contributed by atoms with E-state index in [2.05, 4.69) is 6.92 Å². The summed E-state index contributed by atoms with van der Waals surface area (Å²) in [4.78, 5) is 10.5. The zero-order valence-corrected chi connectivity index (χ0v) is 9.93. The third-order valence-corrected chi connectivity index (χ3v) is 2.56.